The van der Waals surface area contributed by atoms with Crippen LogP contribution in [-0.2, 0) is 0 Å². The second kappa shape index (κ2) is 10.8. The Kier molecular flexibility index (Phi) is 7.35. The van der Waals surface area contributed by atoms with Crippen molar-refractivity contribution in [3.05, 3.63) is 118 Å². The normalized spacial score (nSPS) is 13.2. The minimum absolute atomic E-state index is 0.0720. The number of halogens is 1. The van der Waals surface area contributed by atoms with Gasteiger partial charge in [0.1, 0.15) is 0 Å². The molecular formula is C32H31BrN2O. The van der Waals surface area contributed by atoms with Gasteiger partial charge in [0.2, 0.25) is 5.88 Å². The first-order valence-electron chi connectivity index (χ1n) is 12.4. The van der Waals surface area contributed by atoms with E-state index in [4.69, 9.17) is 9.72 Å². The summed E-state index contributed by atoms with van der Waals surface area (Å²) in [4.78, 5) is 7.23. The molecule has 1 heterocycles. The van der Waals surface area contributed by atoms with Crippen LogP contribution in [0.5, 0.6) is 5.88 Å². The Bertz CT molecular complexity index is 1480. The summed E-state index contributed by atoms with van der Waals surface area (Å²) in [6.07, 6.45) is 1.00. The highest BCUT2D eigenvalue weighted by molar-refractivity contribution is 9.10. The molecule has 182 valence electrons. The minimum atomic E-state index is 0.0720. The number of methoxy groups -OCH3 is 1. The molecule has 0 spiro atoms. The lowest BCUT2D eigenvalue weighted by atomic mass is 9.74. The number of benzene rings is 4. The second-order valence-electron chi connectivity index (χ2n) is 9.58. The quantitative estimate of drug-likeness (QED) is 0.200. The minimum Gasteiger partial charge on any atom is -0.481 e. The van der Waals surface area contributed by atoms with Gasteiger partial charge in [-0.25, -0.2) is 4.98 Å². The summed E-state index contributed by atoms with van der Waals surface area (Å²) in [5.41, 5.74) is 4.68. The fourth-order valence-electron chi connectivity index (χ4n) is 5.29. The number of hydrogen-bond donors (Lipinski definition) is 0. The molecule has 0 radical (unpaired) electrons. The summed E-state index contributed by atoms with van der Waals surface area (Å²) in [6, 6.07) is 34.7. The molecule has 36 heavy (non-hydrogen) atoms. The maximum absolute atomic E-state index is 5.95. The van der Waals surface area contributed by atoms with Gasteiger partial charge in [0, 0.05) is 21.3 Å². The molecule has 0 aliphatic heterocycles. The number of aromatic nitrogens is 1. The fourth-order valence-corrected chi connectivity index (χ4v) is 5.67. The zero-order valence-electron chi connectivity index (χ0n) is 21.0. The molecule has 1 aromatic heterocycles. The first kappa shape index (κ1) is 24.5. The Balaban J connectivity index is 1.78. The summed E-state index contributed by atoms with van der Waals surface area (Å²) < 4.78 is 7.00. The molecule has 0 N–H and O–H groups in total. The van der Waals surface area contributed by atoms with E-state index in [2.05, 4.69) is 120 Å². The van der Waals surface area contributed by atoms with E-state index in [1.165, 1.54) is 21.9 Å². The number of ether oxygens (including phenoxy) is 1. The van der Waals surface area contributed by atoms with Gasteiger partial charge in [-0.2, -0.15) is 0 Å². The van der Waals surface area contributed by atoms with Crippen molar-refractivity contribution in [2.24, 2.45) is 0 Å². The second-order valence-corrected chi connectivity index (χ2v) is 10.5. The van der Waals surface area contributed by atoms with Crippen LogP contribution < -0.4 is 4.74 Å². The first-order chi connectivity index (χ1) is 17.5. The predicted octanol–water partition coefficient (Wildman–Crippen LogP) is 8.03. The molecule has 0 bridgehead atoms. The monoisotopic (exact) mass is 538 g/mol. The van der Waals surface area contributed by atoms with E-state index in [0.29, 0.717) is 5.88 Å². The highest BCUT2D eigenvalue weighted by Gasteiger charge is 2.31. The van der Waals surface area contributed by atoms with Crippen LogP contribution in [0.2, 0.25) is 0 Å². The highest BCUT2D eigenvalue weighted by atomic mass is 79.9. The van der Waals surface area contributed by atoms with Crippen LogP contribution in [-0.4, -0.2) is 37.6 Å². The van der Waals surface area contributed by atoms with E-state index in [1.807, 2.05) is 12.1 Å². The molecule has 0 aliphatic rings. The Labute approximate surface area is 221 Å². The van der Waals surface area contributed by atoms with Gasteiger partial charge in [-0.1, -0.05) is 88.7 Å². The standard InChI is InChI=1S/C32H31BrN2O/c1-35(2)19-18-28(27-15-9-13-22-10-7-8-14-26(22)27)31(23-11-5-4-6-12-23)29-21-24-20-25(33)16-17-30(24)34-32(29)36-3/h4-17,20-21,28,31H,18-19H2,1-3H3/t28-,31-/m0/s1. The van der Waals surface area contributed by atoms with Crippen molar-refractivity contribution in [1.29, 1.82) is 0 Å². The average Bonchev–Trinajstić information content (AvgIpc) is 2.90. The van der Waals surface area contributed by atoms with Crippen molar-refractivity contribution in [2.75, 3.05) is 27.7 Å². The smallest absolute Gasteiger partial charge is 0.217 e. The maximum Gasteiger partial charge on any atom is 0.217 e. The first-order valence-corrected chi connectivity index (χ1v) is 13.2. The number of fused-ring (bicyclic) bond motifs is 2. The molecule has 3 nitrogen and oxygen atoms in total. The lowest BCUT2D eigenvalue weighted by Gasteiger charge is -2.31. The average molecular weight is 540 g/mol. The van der Waals surface area contributed by atoms with E-state index in [0.717, 1.165) is 33.9 Å². The van der Waals surface area contributed by atoms with Crippen molar-refractivity contribution in [2.45, 2.75) is 18.3 Å². The van der Waals surface area contributed by atoms with Crippen LogP contribution >= 0.6 is 15.9 Å². The summed E-state index contributed by atoms with van der Waals surface area (Å²) in [5.74, 6) is 0.984. The molecule has 0 saturated heterocycles. The van der Waals surface area contributed by atoms with Crippen LogP contribution in [0.25, 0.3) is 21.7 Å². The van der Waals surface area contributed by atoms with E-state index < -0.39 is 0 Å². The van der Waals surface area contributed by atoms with E-state index in [-0.39, 0.29) is 11.8 Å². The highest BCUT2D eigenvalue weighted by Crippen LogP contribution is 2.46. The van der Waals surface area contributed by atoms with Crippen molar-refractivity contribution in [1.82, 2.24) is 9.88 Å². The van der Waals surface area contributed by atoms with Gasteiger partial charge >= 0.3 is 0 Å². The van der Waals surface area contributed by atoms with Crippen molar-refractivity contribution >= 4 is 37.6 Å². The van der Waals surface area contributed by atoms with Gasteiger partial charge in [-0.15, -0.1) is 0 Å². The number of hydrogen-bond acceptors (Lipinski definition) is 3. The summed E-state index contributed by atoms with van der Waals surface area (Å²) in [5, 5.41) is 3.68. The van der Waals surface area contributed by atoms with Gasteiger partial charge in [-0.3, -0.25) is 0 Å². The van der Waals surface area contributed by atoms with Crippen molar-refractivity contribution < 1.29 is 4.74 Å². The molecule has 5 rings (SSSR count). The predicted molar refractivity (Wildman–Crippen MR) is 154 cm³/mol. The zero-order chi connectivity index (χ0) is 25.1. The topological polar surface area (TPSA) is 25.4 Å². The molecule has 0 fully saturated rings. The Hall–Kier alpha value is -3.21. The lowest BCUT2D eigenvalue weighted by molar-refractivity contribution is 0.363. The molecular weight excluding hydrogens is 508 g/mol. The number of rotatable bonds is 8. The zero-order valence-corrected chi connectivity index (χ0v) is 22.6. The van der Waals surface area contributed by atoms with Crippen LogP contribution in [0.1, 0.15) is 34.9 Å². The Morgan fingerprint density at radius 3 is 2.33 bits per heavy atom. The molecule has 2 atom stereocenters. The summed E-state index contributed by atoms with van der Waals surface area (Å²) >= 11 is 3.64. The maximum atomic E-state index is 5.95. The molecule has 0 amide bonds. The molecule has 0 unspecified atom stereocenters. The molecule has 5 aromatic rings. The van der Waals surface area contributed by atoms with Gasteiger partial charge in [0.15, 0.2) is 0 Å². The summed E-state index contributed by atoms with van der Waals surface area (Å²) in [6.45, 7) is 0.978. The van der Waals surface area contributed by atoms with Gasteiger partial charge < -0.3 is 9.64 Å². The molecule has 4 heteroatoms. The number of nitrogens with zero attached hydrogens (tertiary/aromatic N) is 2. The van der Waals surface area contributed by atoms with E-state index in [1.54, 1.807) is 7.11 Å². The van der Waals surface area contributed by atoms with Crippen LogP contribution in [0.3, 0.4) is 0 Å². The van der Waals surface area contributed by atoms with Crippen LogP contribution in [0.4, 0.5) is 0 Å². The van der Waals surface area contributed by atoms with E-state index >= 15 is 0 Å². The largest absolute Gasteiger partial charge is 0.481 e. The molecule has 4 aromatic carbocycles. The fraction of sp³-hybridized carbons (Fsp3) is 0.219. The Morgan fingerprint density at radius 1 is 0.806 bits per heavy atom. The van der Waals surface area contributed by atoms with Gasteiger partial charge in [-0.05, 0) is 79.1 Å². The lowest BCUT2D eigenvalue weighted by Crippen LogP contribution is -2.21. The van der Waals surface area contributed by atoms with Crippen molar-refractivity contribution in [3.63, 3.8) is 0 Å². The van der Waals surface area contributed by atoms with Gasteiger partial charge in [0.25, 0.3) is 0 Å². The third-order valence-corrected chi connectivity index (χ3v) is 7.46. The van der Waals surface area contributed by atoms with Crippen LogP contribution in [0.15, 0.2) is 102 Å². The Morgan fingerprint density at radius 2 is 1.56 bits per heavy atom. The van der Waals surface area contributed by atoms with Crippen LogP contribution in [0, 0.1) is 0 Å². The van der Waals surface area contributed by atoms with Crippen molar-refractivity contribution in [3.8, 4) is 5.88 Å². The molecule has 0 saturated carbocycles. The SMILES string of the molecule is COc1nc2ccc(Br)cc2cc1[C@@H](c1ccccc1)[C@@H](CCN(C)C)c1cccc2ccccc12. The van der Waals surface area contributed by atoms with Gasteiger partial charge in [0.05, 0.1) is 12.6 Å². The van der Waals surface area contributed by atoms with E-state index in [9.17, 15) is 0 Å². The third-order valence-electron chi connectivity index (χ3n) is 6.97. The molecule has 0 aliphatic carbocycles. The summed E-state index contributed by atoms with van der Waals surface area (Å²) in [7, 11) is 6.02. The number of pyridine rings is 1. The third kappa shape index (κ3) is 5.02.